The lowest BCUT2D eigenvalue weighted by Crippen LogP contribution is -2.10. The lowest BCUT2D eigenvalue weighted by molar-refractivity contribution is 0.103. The summed E-state index contributed by atoms with van der Waals surface area (Å²) in [6, 6.07) is 6.90. The molecule has 0 unspecified atom stereocenters. The molecule has 2 aromatic heterocycles. The molecule has 1 N–H and O–H groups in total. The van der Waals surface area contributed by atoms with Crippen molar-refractivity contribution in [2.75, 3.05) is 33.8 Å². The van der Waals surface area contributed by atoms with Crippen molar-refractivity contribution in [2.24, 2.45) is 0 Å². The Bertz CT molecular complexity index is 947. The monoisotopic (exact) mass is 401 g/mol. The van der Waals surface area contributed by atoms with Gasteiger partial charge >= 0.3 is 0 Å². The van der Waals surface area contributed by atoms with Gasteiger partial charge in [0.25, 0.3) is 5.91 Å². The quantitative estimate of drug-likeness (QED) is 0.648. The lowest BCUT2D eigenvalue weighted by atomic mass is 10.2. The average Bonchev–Trinajstić information content (AvgIpc) is 3.23. The number of benzene rings is 1. The van der Waals surface area contributed by atoms with Crippen LogP contribution in [-0.4, -0.2) is 44.3 Å². The molecular formula is C19H19N3O5S. The number of nitrogens with one attached hydrogen (secondary N) is 1. The van der Waals surface area contributed by atoms with Crippen LogP contribution < -0.4 is 24.3 Å². The summed E-state index contributed by atoms with van der Waals surface area (Å²) in [6.07, 6.45) is 3.18. The fourth-order valence-electron chi connectivity index (χ4n) is 2.49. The van der Waals surface area contributed by atoms with Gasteiger partial charge in [0, 0.05) is 35.6 Å². The van der Waals surface area contributed by atoms with Crippen molar-refractivity contribution in [3.8, 4) is 33.7 Å². The summed E-state index contributed by atoms with van der Waals surface area (Å²) in [4.78, 5) is 21.5. The maximum absolute atomic E-state index is 12.6. The predicted molar refractivity (Wildman–Crippen MR) is 106 cm³/mol. The topological polar surface area (TPSA) is 91.8 Å². The summed E-state index contributed by atoms with van der Waals surface area (Å²) in [5.41, 5.74) is 1.32. The summed E-state index contributed by atoms with van der Waals surface area (Å²) in [6.45, 7) is 0. The molecule has 9 heteroatoms. The van der Waals surface area contributed by atoms with Crippen LogP contribution in [0.25, 0.3) is 10.6 Å². The first-order valence-corrected chi connectivity index (χ1v) is 8.98. The van der Waals surface area contributed by atoms with Gasteiger partial charge in [-0.3, -0.25) is 4.79 Å². The van der Waals surface area contributed by atoms with Crippen LogP contribution in [0.3, 0.4) is 0 Å². The molecule has 3 rings (SSSR count). The van der Waals surface area contributed by atoms with Crippen molar-refractivity contribution in [1.82, 2.24) is 9.97 Å². The van der Waals surface area contributed by atoms with Gasteiger partial charge in [-0.1, -0.05) is 0 Å². The van der Waals surface area contributed by atoms with Crippen LogP contribution in [0.2, 0.25) is 0 Å². The number of aromatic nitrogens is 2. The zero-order valence-electron chi connectivity index (χ0n) is 15.8. The minimum Gasteiger partial charge on any atom is -0.493 e. The van der Waals surface area contributed by atoms with E-state index in [-0.39, 0.29) is 5.91 Å². The largest absolute Gasteiger partial charge is 0.493 e. The fraction of sp³-hybridized carbons (Fsp3) is 0.211. The lowest BCUT2D eigenvalue weighted by Gasteiger charge is -2.14. The molecule has 0 aliphatic heterocycles. The van der Waals surface area contributed by atoms with Crippen molar-refractivity contribution < 1.29 is 23.7 Å². The summed E-state index contributed by atoms with van der Waals surface area (Å²) < 4.78 is 20.9. The van der Waals surface area contributed by atoms with Crippen LogP contribution in [0.4, 0.5) is 5.69 Å². The molecular weight excluding hydrogens is 382 g/mol. The Morgan fingerprint density at radius 3 is 2.18 bits per heavy atom. The zero-order valence-corrected chi connectivity index (χ0v) is 16.6. The Morgan fingerprint density at radius 1 is 0.929 bits per heavy atom. The van der Waals surface area contributed by atoms with Gasteiger partial charge < -0.3 is 24.3 Å². The highest BCUT2D eigenvalue weighted by atomic mass is 32.1. The van der Waals surface area contributed by atoms with Gasteiger partial charge in [0.05, 0.1) is 34.6 Å². The van der Waals surface area contributed by atoms with Gasteiger partial charge in [-0.15, -0.1) is 11.3 Å². The van der Waals surface area contributed by atoms with E-state index in [9.17, 15) is 4.79 Å². The van der Waals surface area contributed by atoms with Crippen LogP contribution in [0.15, 0.2) is 36.7 Å². The zero-order chi connectivity index (χ0) is 20.1. The summed E-state index contributed by atoms with van der Waals surface area (Å²) >= 11 is 1.26. The first-order chi connectivity index (χ1) is 13.6. The molecule has 28 heavy (non-hydrogen) atoms. The number of carbonyl (C=O) groups excluding carboxylic acids is 1. The smallest absolute Gasteiger partial charge is 0.267 e. The molecule has 0 fully saturated rings. The van der Waals surface area contributed by atoms with E-state index in [2.05, 4.69) is 15.3 Å². The molecule has 0 saturated heterocycles. The number of thiazole rings is 1. The van der Waals surface area contributed by atoms with E-state index in [0.717, 1.165) is 5.56 Å². The first kappa shape index (κ1) is 19.4. The molecule has 0 spiro atoms. The van der Waals surface area contributed by atoms with Crippen molar-refractivity contribution in [1.29, 1.82) is 0 Å². The third kappa shape index (κ3) is 3.99. The van der Waals surface area contributed by atoms with Gasteiger partial charge in [0.1, 0.15) is 9.88 Å². The maximum Gasteiger partial charge on any atom is 0.267 e. The van der Waals surface area contributed by atoms with Gasteiger partial charge in [0.15, 0.2) is 11.5 Å². The third-order valence-corrected chi connectivity index (χ3v) is 4.89. The maximum atomic E-state index is 12.6. The van der Waals surface area contributed by atoms with Crippen molar-refractivity contribution in [2.45, 2.75) is 0 Å². The van der Waals surface area contributed by atoms with E-state index < -0.39 is 0 Å². The number of nitrogens with zero attached hydrogens (tertiary/aromatic N) is 2. The van der Waals surface area contributed by atoms with Crippen LogP contribution in [-0.2, 0) is 0 Å². The van der Waals surface area contributed by atoms with Gasteiger partial charge in [-0.05, 0) is 6.07 Å². The molecule has 2 heterocycles. The number of anilines is 1. The van der Waals surface area contributed by atoms with Crippen LogP contribution in [0, 0.1) is 0 Å². The molecule has 0 saturated carbocycles. The highest BCUT2D eigenvalue weighted by Gasteiger charge is 2.17. The van der Waals surface area contributed by atoms with E-state index >= 15 is 0 Å². The minimum atomic E-state index is -0.292. The Kier molecular flexibility index (Phi) is 5.95. The summed E-state index contributed by atoms with van der Waals surface area (Å²) in [7, 11) is 6.10. The Labute approximate surface area is 166 Å². The molecule has 0 atom stereocenters. The number of rotatable bonds is 7. The number of methoxy groups -OCH3 is 4. The molecule has 0 aliphatic rings. The highest BCUT2D eigenvalue weighted by molar-refractivity contribution is 7.17. The second kappa shape index (κ2) is 8.57. The number of hydrogen-bond acceptors (Lipinski definition) is 8. The number of amides is 1. The van der Waals surface area contributed by atoms with Gasteiger partial charge in [-0.25, -0.2) is 9.97 Å². The van der Waals surface area contributed by atoms with Gasteiger partial charge in [-0.2, -0.15) is 0 Å². The SMILES string of the molecule is COc1ccc(-c2ncc(C(=O)Nc3cc(OC)c(OC)c(OC)c3)s2)cn1. The Balaban J connectivity index is 1.81. The first-order valence-electron chi connectivity index (χ1n) is 8.17. The number of hydrogen-bond donors (Lipinski definition) is 1. The normalized spacial score (nSPS) is 10.3. The van der Waals surface area contributed by atoms with Crippen LogP contribution in [0.1, 0.15) is 9.67 Å². The predicted octanol–water partition coefficient (Wildman–Crippen LogP) is 3.49. The van der Waals surface area contributed by atoms with E-state index in [1.807, 2.05) is 6.07 Å². The summed E-state index contributed by atoms with van der Waals surface area (Å²) in [5.74, 6) is 1.58. The molecule has 3 aromatic rings. The molecule has 0 aliphatic carbocycles. The second-order valence-corrected chi connectivity index (χ2v) is 6.52. The van der Waals surface area contributed by atoms with Gasteiger partial charge in [0.2, 0.25) is 11.6 Å². The van der Waals surface area contributed by atoms with Crippen molar-refractivity contribution in [3.05, 3.63) is 41.5 Å². The van der Waals surface area contributed by atoms with Crippen molar-refractivity contribution in [3.63, 3.8) is 0 Å². The molecule has 146 valence electrons. The third-order valence-electron chi connectivity index (χ3n) is 3.84. The Morgan fingerprint density at radius 2 is 1.64 bits per heavy atom. The fourth-order valence-corrected chi connectivity index (χ4v) is 3.29. The molecule has 0 radical (unpaired) electrons. The highest BCUT2D eigenvalue weighted by Crippen LogP contribution is 2.40. The number of pyridine rings is 1. The average molecular weight is 401 g/mol. The standard InChI is InChI=1S/C19H19N3O5S/c1-24-13-7-12(8-14(25-2)17(13)27-4)22-18(23)15-10-21-19(28-15)11-5-6-16(26-3)20-9-11/h5-10H,1-4H3,(H,22,23). The summed E-state index contributed by atoms with van der Waals surface area (Å²) in [5, 5.41) is 3.51. The molecule has 8 nitrogen and oxygen atoms in total. The van der Waals surface area contributed by atoms with E-state index in [4.69, 9.17) is 18.9 Å². The second-order valence-electron chi connectivity index (χ2n) is 5.49. The molecule has 0 bridgehead atoms. The van der Waals surface area contributed by atoms with E-state index in [1.54, 1.807) is 31.5 Å². The van der Waals surface area contributed by atoms with E-state index in [0.29, 0.717) is 38.7 Å². The number of carbonyl (C=O) groups is 1. The molecule has 1 aromatic carbocycles. The van der Waals surface area contributed by atoms with Crippen LogP contribution >= 0.6 is 11.3 Å². The number of ether oxygens (including phenoxy) is 4. The van der Waals surface area contributed by atoms with E-state index in [1.165, 1.54) is 38.9 Å². The van der Waals surface area contributed by atoms with Crippen LogP contribution in [0.5, 0.6) is 23.1 Å². The Hall–Kier alpha value is -3.33. The molecule has 1 amide bonds. The van der Waals surface area contributed by atoms with Crippen molar-refractivity contribution >= 4 is 22.9 Å². The minimum absolute atomic E-state index is 0.292.